The number of amides is 7. The van der Waals surface area contributed by atoms with E-state index in [-0.39, 0.29) is 127 Å². The highest BCUT2D eigenvalue weighted by molar-refractivity contribution is 5.99. The molecule has 5 rings (SSSR count). The van der Waals surface area contributed by atoms with E-state index in [1.54, 1.807) is 36.5 Å². The molecule has 24 heteroatoms. The van der Waals surface area contributed by atoms with Crippen molar-refractivity contribution < 1.29 is 43.2 Å². The van der Waals surface area contributed by atoms with Crippen LogP contribution in [0, 0.1) is 17.8 Å². The van der Waals surface area contributed by atoms with Crippen LogP contribution in [-0.4, -0.2) is 126 Å². The second kappa shape index (κ2) is 32.1. The lowest BCUT2D eigenvalue weighted by Gasteiger charge is -2.28. The maximum absolute atomic E-state index is 14.8. The summed E-state index contributed by atoms with van der Waals surface area (Å²) in [6.45, 7) is 0.191. The molecule has 1 aliphatic carbocycles. The van der Waals surface area contributed by atoms with E-state index in [0.717, 1.165) is 35.7 Å². The predicted octanol–water partition coefficient (Wildman–Crippen LogP) is -0.260. The highest BCUT2D eigenvalue weighted by Gasteiger charge is 2.36. The molecule has 2 fully saturated rings. The molecule has 430 valence electrons. The quantitative estimate of drug-likeness (QED) is 0.0418. The van der Waals surface area contributed by atoms with Gasteiger partial charge in [0, 0.05) is 67.3 Å². The third-order valence-corrected chi connectivity index (χ3v) is 14.4. The molecule has 2 heterocycles. The molecular weight excluding hydrogens is 1010 g/mol. The Bertz CT molecular complexity index is 2610. The summed E-state index contributed by atoms with van der Waals surface area (Å²) in [4.78, 5) is 139. The van der Waals surface area contributed by atoms with Gasteiger partial charge in [0.25, 0.3) is 0 Å². The molecule has 19 N–H and O–H groups in total. The summed E-state index contributed by atoms with van der Waals surface area (Å²) >= 11 is 0. The van der Waals surface area contributed by atoms with Crippen LogP contribution in [0.4, 0.5) is 0 Å². The molecule has 7 amide bonds. The number of aromatic nitrogens is 1. The molecule has 0 spiro atoms. The summed E-state index contributed by atoms with van der Waals surface area (Å²) in [5.74, 6) is -8.62. The number of hydrogen-bond donors (Lipinski definition) is 13. The smallest absolute Gasteiger partial charge is 0.243 e. The molecule has 0 unspecified atom stereocenters. The fourth-order valence-corrected chi connectivity index (χ4v) is 10.1. The Morgan fingerprint density at radius 1 is 0.658 bits per heavy atom. The van der Waals surface area contributed by atoms with Gasteiger partial charge in [0.2, 0.25) is 41.4 Å². The van der Waals surface area contributed by atoms with Crippen molar-refractivity contribution in [2.75, 3.05) is 26.2 Å². The molecule has 79 heavy (non-hydrogen) atoms. The number of fused-ring (bicyclic) bond motifs is 1. The van der Waals surface area contributed by atoms with Crippen molar-refractivity contribution in [3.05, 3.63) is 71.9 Å². The summed E-state index contributed by atoms with van der Waals surface area (Å²) in [6.07, 6.45) is 5.66. The highest BCUT2D eigenvalue weighted by atomic mass is 16.2. The van der Waals surface area contributed by atoms with Crippen molar-refractivity contribution in [2.45, 2.75) is 146 Å². The van der Waals surface area contributed by atoms with Gasteiger partial charge in [0.15, 0.2) is 17.7 Å². The van der Waals surface area contributed by atoms with Gasteiger partial charge in [-0.1, -0.05) is 67.8 Å². The van der Waals surface area contributed by atoms with Gasteiger partial charge in [-0.25, -0.2) is 0 Å². The first-order valence-electron chi connectivity index (χ1n) is 27.4. The minimum Gasteiger partial charge on any atom is -0.370 e. The van der Waals surface area contributed by atoms with Crippen LogP contribution in [0.15, 0.2) is 70.8 Å². The van der Waals surface area contributed by atoms with E-state index in [9.17, 15) is 43.2 Å². The predicted molar refractivity (Wildman–Crippen MR) is 299 cm³/mol. The van der Waals surface area contributed by atoms with Crippen LogP contribution in [0.25, 0.3) is 10.9 Å². The number of primary amides is 1. The lowest BCUT2D eigenvalue weighted by molar-refractivity contribution is -0.136. The monoisotopic (exact) mass is 1100 g/mol. The summed E-state index contributed by atoms with van der Waals surface area (Å²) in [5.41, 5.74) is 36.4. The number of H-pyrrole nitrogens is 1. The van der Waals surface area contributed by atoms with Gasteiger partial charge in [-0.2, -0.15) is 0 Å². The molecule has 0 radical (unpaired) electrons. The van der Waals surface area contributed by atoms with E-state index in [4.69, 9.17) is 34.4 Å². The molecule has 0 bridgehead atoms. The molecule has 1 aliphatic heterocycles. The first-order valence-corrected chi connectivity index (χ1v) is 27.4. The Balaban J connectivity index is 1.50. The average molecular weight is 1100 g/mol. The Kier molecular flexibility index (Phi) is 25.2. The van der Waals surface area contributed by atoms with Crippen LogP contribution in [0.3, 0.4) is 0 Å². The van der Waals surface area contributed by atoms with Crippen molar-refractivity contribution in [2.24, 2.45) is 62.1 Å². The number of hydrogen-bond acceptors (Lipinski definition) is 12. The number of benzene rings is 2. The molecule has 24 nitrogen and oxygen atoms in total. The maximum atomic E-state index is 14.8. The number of rotatable bonds is 19. The Morgan fingerprint density at radius 3 is 2.01 bits per heavy atom. The first-order chi connectivity index (χ1) is 37.9. The number of para-hydroxylation sites is 1. The van der Waals surface area contributed by atoms with Crippen LogP contribution in [0.2, 0.25) is 0 Å². The van der Waals surface area contributed by atoms with Crippen LogP contribution in [0.5, 0.6) is 0 Å². The number of ketones is 2. The Morgan fingerprint density at radius 2 is 1.32 bits per heavy atom. The SMILES string of the molecule is NCC[C@@H]1NC(=O)[C@@H](NC(=O)[C@H](CCCN=C(N)N)NC(=O)C2CCCCC2)CC(=O)NCCCC[C@@H](C(N)=O)NC(=O)[C@H](Cc2c[nH]c3ccccc23)CC(=O)[C@H](CCCN=C(N)N)CC(=O)[C@@H](Cc2ccccc2)NC1=O. The third-order valence-electron chi connectivity index (χ3n) is 14.4. The van der Waals surface area contributed by atoms with E-state index in [1.807, 2.05) is 24.3 Å². The molecule has 1 saturated carbocycles. The van der Waals surface area contributed by atoms with Crippen LogP contribution in [0.1, 0.15) is 114 Å². The van der Waals surface area contributed by atoms with Gasteiger partial charge in [0.1, 0.15) is 30.0 Å². The summed E-state index contributed by atoms with van der Waals surface area (Å²) in [6, 6.07) is 9.68. The molecule has 2 aliphatic rings. The zero-order valence-electron chi connectivity index (χ0n) is 45.0. The highest BCUT2D eigenvalue weighted by Crippen LogP contribution is 2.27. The molecular formula is C55H81N15O9. The van der Waals surface area contributed by atoms with Crippen LogP contribution in [-0.2, 0) is 56.0 Å². The van der Waals surface area contributed by atoms with Crippen molar-refractivity contribution in [1.29, 1.82) is 0 Å². The minimum atomic E-state index is -1.60. The van der Waals surface area contributed by atoms with Crippen molar-refractivity contribution in [3.63, 3.8) is 0 Å². The Labute approximate surface area is 460 Å². The van der Waals surface area contributed by atoms with Gasteiger partial charge in [-0.3, -0.25) is 53.1 Å². The minimum absolute atomic E-state index is 0.0281. The standard InChI is InChI=1S/C55H81N15O9/c56-23-22-42-52(78)69-43(27-33-13-3-1-4-14-33)46(72)29-35(17-11-25-63-54(58)59)45(71)30-36(28-37-32-65-39-19-8-7-18-38(37)39)50(76)66-40(48(57)74)20-9-10-24-62-47(73)31-44(53(79)68-42)70-51(77)41(21-12-26-64-55(60)61)67-49(75)34-15-5-2-6-16-34/h1,3-4,7-8,13-14,18-19,32,34-36,40-44,65H,2,5-6,9-12,15-17,20-31,56H2,(H2,57,74)(H,62,73)(H,66,76)(H,67,75)(H,68,79)(H,69,78)(H,70,77)(H4,58,59,63)(H4,60,61,64)/t35-,36-,40+,41+,42+,43-,44+/m1/s1. The number of carbonyl (C=O) groups excluding carboxylic acids is 9. The molecule has 2 aromatic carbocycles. The lowest BCUT2D eigenvalue weighted by atomic mass is 9.83. The van der Waals surface area contributed by atoms with Gasteiger partial charge in [-0.15, -0.1) is 0 Å². The van der Waals surface area contributed by atoms with E-state index >= 15 is 0 Å². The molecule has 7 atom stereocenters. The molecule has 3 aromatic rings. The maximum Gasteiger partial charge on any atom is 0.243 e. The second-order valence-electron chi connectivity index (χ2n) is 20.6. The number of Topliss-reactive ketones (excluding diaryl/α,β-unsaturated/α-hetero) is 2. The number of guanidine groups is 2. The molecule has 1 saturated heterocycles. The van der Waals surface area contributed by atoms with Crippen molar-refractivity contribution in [3.8, 4) is 0 Å². The van der Waals surface area contributed by atoms with Gasteiger partial charge in [0.05, 0.1) is 12.5 Å². The second-order valence-corrected chi connectivity index (χ2v) is 20.6. The van der Waals surface area contributed by atoms with E-state index in [1.165, 1.54) is 0 Å². The third kappa shape index (κ3) is 20.8. The Hall–Kier alpha value is -7.89. The van der Waals surface area contributed by atoms with Crippen molar-refractivity contribution in [1.82, 2.24) is 36.9 Å². The van der Waals surface area contributed by atoms with Gasteiger partial charge < -0.3 is 71.3 Å². The summed E-state index contributed by atoms with van der Waals surface area (Å²) < 4.78 is 0. The first kappa shape index (κ1) is 62.0. The van der Waals surface area contributed by atoms with Gasteiger partial charge >= 0.3 is 0 Å². The number of carbonyl (C=O) groups is 9. The zero-order chi connectivity index (χ0) is 57.3. The lowest BCUT2D eigenvalue weighted by Crippen LogP contribution is -2.59. The van der Waals surface area contributed by atoms with Gasteiger partial charge in [-0.05, 0) is 101 Å². The number of nitrogens with one attached hydrogen (secondary N) is 7. The van der Waals surface area contributed by atoms with Crippen molar-refractivity contribution >= 4 is 75.7 Å². The number of aromatic amines is 1. The topological polar surface area (TPSA) is 422 Å². The fraction of sp³-hybridized carbons (Fsp3) is 0.545. The van der Waals surface area contributed by atoms with E-state index in [2.05, 4.69) is 46.9 Å². The fourth-order valence-electron chi connectivity index (χ4n) is 10.1. The summed E-state index contributed by atoms with van der Waals surface area (Å²) in [5, 5.41) is 17.3. The number of nitrogens with zero attached hydrogens (tertiary/aromatic N) is 2. The molecule has 1 aromatic heterocycles. The van der Waals surface area contributed by atoms with Crippen LogP contribution >= 0.6 is 0 Å². The number of aliphatic imine (C=N–C) groups is 2. The average Bonchev–Trinajstić information content (AvgIpc) is 3.83. The van der Waals surface area contributed by atoms with E-state index in [0.29, 0.717) is 18.4 Å². The normalized spacial score (nSPS) is 22.2. The zero-order valence-corrected chi connectivity index (χ0v) is 45.0. The van der Waals surface area contributed by atoms with E-state index < -0.39 is 95.5 Å². The largest absolute Gasteiger partial charge is 0.370 e. The summed E-state index contributed by atoms with van der Waals surface area (Å²) in [7, 11) is 0. The number of nitrogens with two attached hydrogens (primary N) is 6. The van der Waals surface area contributed by atoms with Crippen LogP contribution < -0.4 is 66.3 Å².